The molecule has 0 saturated heterocycles. The molecule has 23 heavy (non-hydrogen) atoms. The molecule has 0 amide bonds. The number of hydrogen-bond donors (Lipinski definition) is 2. The summed E-state index contributed by atoms with van der Waals surface area (Å²) in [6.45, 7) is 0.938. The van der Waals surface area contributed by atoms with Gasteiger partial charge < -0.3 is 19.9 Å². The van der Waals surface area contributed by atoms with Gasteiger partial charge in [0.2, 0.25) is 0 Å². The number of halogens is 1. The largest absolute Gasteiger partial charge is 0.392 e. The summed E-state index contributed by atoms with van der Waals surface area (Å²) in [4.78, 5) is 6.29. The van der Waals surface area contributed by atoms with E-state index in [-0.39, 0.29) is 12.4 Å². The predicted molar refractivity (Wildman–Crippen MR) is 89.4 cm³/mol. The SMILES string of the molecule is CN=C(NCc1ccc(F)c(CO)c1)N(C)Cc1cccn1C. The maximum atomic E-state index is 13.4. The van der Waals surface area contributed by atoms with E-state index in [9.17, 15) is 4.39 Å². The van der Waals surface area contributed by atoms with E-state index < -0.39 is 0 Å². The van der Waals surface area contributed by atoms with Crippen molar-refractivity contribution in [2.45, 2.75) is 19.7 Å². The normalized spacial score (nSPS) is 11.6. The van der Waals surface area contributed by atoms with Crippen LogP contribution in [-0.4, -0.2) is 34.6 Å². The second-order valence-electron chi connectivity index (χ2n) is 5.45. The molecule has 0 bridgehead atoms. The Bertz CT molecular complexity index is 681. The zero-order chi connectivity index (χ0) is 16.8. The van der Waals surface area contributed by atoms with Crippen molar-refractivity contribution >= 4 is 5.96 Å². The molecular weight excluding hydrogens is 295 g/mol. The van der Waals surface area contributed by atoms with Gasteiger partial charge in [-0.2, -0.15) is 0 Å². The van der Waals surface area contributed by atoms with E-state index in [0.29, 0.717) is 12.1 Å². The molecule has 2 aromatic rings. The summed E-state index contributed by atoms with van der Waals surface area (Å²) >= 11 is 0. The van der Waals surface area contributed by atoms with Gasteiger partial charge >= 0.3 is 0 Å². The third kappa shape index (κ3) is 4.32. The second kappa shape index (κ2) is 7.78. The quantitative estimate of drug-likeness (QED) is 0.654. The average molecular weight is 318 g/mol. The van der Waals surface area contributed by atoms with Gasteiger partial charge in [-0.3, -0.25) is 4.99 Å². The van der Waals surface area contributed by atoms with Gasteiger partial charge in [0.05, 0.1) is 13.2 Å². The molecule has 1 aromatic heterocycles. The van der Waals surface area contributed by atoms with Crippen LogP contribution in [0.25, 0.3) is 0 Å². The Balaban J connectivity index is 1.98. The van der Waals surface area contributed by atoms with Crippen molar-refractivity contribution in [3.8, 4) is 0 Å². The maximum Gasteiger partial charge on any atom is 0.194 e. The third-order valence-corrected chi connectivity index (χ3v) is 3.75. The Morgan fingerprint density at radius 3 is 2.78 bits per heavy atom. The van der Waals surface area contributed by atoms with E-state index in [2.05, 4.69) is 20.9 Å². The summed E-state index contributed by atoms with van der Waals surface area (Å²) in [7, 11) is 5.70. The molecule has 124 valence electrons. The number of benzene rings is 1. The highest BCUT2D eigenvalue weighted by Crippen LogP contribution is 2.11. The first-order valence-corrected chi connectivity index (χ1v) is 7.45. The number of aromatic nitrogens is 1. The zero-order valence-corrected chi connectivity index (χ0v) is 13.8. The van der Waals surface area contributed by atoms with Crippen molar-refractivity contribution in [2.24, 2.45) is 12.0 Å². The van der Waals surface area contributed by atoms with E-state index in [4.69, 9.17) is 5.11 Å². The van der Waals surface area contributed by atoms with Crippen molar-refractivity contribution in [2.75, 3.05) is 14.1 Å². The van der Waals surface area contributed by atoms with Crippen LogP contribution in [0.1, 0.15) is 16.8 Å². The number of nitrogens with zero attached hydrogens (tertiary/aromatic N) is 3. The number of aliphatic imine (C=N–C) groups is 1. The predicted octanol–water partition coefficient (Wildman–Crippen LogP) is 1.86. The van der Waals surface area contributed by atoms with Crippen molar-refractivity contribution in [3.63, 3.8) is 0 Å². The van der Waals surface area contributed by atoms with Crippen LogP contribution in [0.2, 0.25) is 0 Å². The van der Waals surface area contributed by atoms with Gasteiger partial charge in [-0.15, -0.1) is 0 Å². The van der Waals surface area contributed by atoms with E-state index in [1.807, 2.05) is 31.3 Å². The summed E-state index contributed by atoms with van der Waals surface area (Å²) in [5, 5.41) is 12.4. The van der Waals surface area contributed by atoms with E-state index >= 15 is 0 Å². The fourth-order valence-corrected chi connectivity index (χ4v) is 2.40. The van der Waals surface area contributed by atoms with Gasteiger partial charge in [0.15, 0.2) is 5.96 Å². The van der Waals surface area contributed by atoms with E-state index in [1.54, 1.807) is 19.2 Å². The van der Waals surface area contributed by atoms with Crippen LogP contribution in [0, 0.1) is 5.82 Å². The lowest BCUT2D eigenvalue weighted by atomic mass is 10.1. The minimum atomic E-state index is -0.388. The molecule has 0 fully saturated rings. The van der Waals surface area contributed by atoms with Crippen LogP contribution >= 0.6 is 0 Å². The van der Waals surface area contributed by atoms with Gasteiger partial charge in [0.25, 0.3) is 0 Å². The van der Waals surface area contributed by atoms with Gasteiger partial charge in [0.1, 0.15) is 5.82 Å². The summed E-state index contributed by atoms with van der Waals surface area (Å²) in [6, 6.07) is 8.81. The molecule has 1 heterocycles. The van der Waals surface area contributed by atoms with Crippen LogP contribution < -0.4 is 5.32 Å². The topological polar surface area (TPSA) is 52.8 Å². The molecule has 6 heteroatoms. The first-order chi connectivity index (χ1) is 11.0. The van der Waals surface area contributed by atoms with E-state index in [1.165, 1.54) is 11.8 Å². The molecule has 0 saturated carbocycles. The minimum absolute atomic E-state index is 0.302. The number of aliphatic hydroxyl groups is 1. The van der Waals surface area contributed by atoms with Gasteiger partial charge in [-0.25, -0.2) is 4.39 Å². The number of aryl methyl sites for hydroxylation is 1. The molecule has 0 aliphatic rings. The van der Waals surface area contributed by atoms with Crippen LogP contribution in [0.15, 0.2) is 41.5 Å². The highest BCUT2D eigenvalue weighted by Gasteiger charge is 2.09. The zero-order valence-electron chi connectivity index (χ0n) is 13.8. The molecule has 5 nitrogen and oxygen atoms in total. The standard InChI is InChI=1S/C17H23FN4O/c1-19-17(22(3)11-15-5-4-8-21(15)2)20-10-13-6-7-16(18)14(9-13)12-23/h4-9,23H,10-12H2,1-3H3,(H,19,20). The summed E-state index contributed by atoms with van der Waals surface area (Å²) in [5.41, 5.74) is 2.38. The number of nitrogens with one attached hydrogen (secondary N) is 1. The van der Waals surface area contributed by atoms with Crippen molar-refractivity contribution in [3.05, 3.63) is 59.2 Å². The number of aliphatic hydroxyl groups excluding tert-OH is 1. The Kier molecular flexibility index (Phi) is 5.76. The second-order valence-corrected chi connectivity index (χ2v) is 5.45. The van der Waals surface area contributed by atoms with Crippen molar-refractivity contribution in [1.29, 1.82) is 0 Å². The van der Waals surface area contributed by atoms with Crippen LogP contribution in [0.4, 0.5) is 4.39 Å². The number of guanidine groups is 1. The molecule has 0 atom stereocenters. The van der Waals surface area contributed by atoms with Gasteiger partial charge in [0, 0.05) is 45.1 Å². The molecule has 0 aliphatic heterocycles. The summed E-state index contributed by atoms with van der Waals surface area (Å²) in [5.74, 6) is 0.363. The molecular formula is C17H23FN4O. The Morgan fingerprint density at radius 2 is 2.17 bits per heavy atom. The third-order valence-electron chi connectivity index (χ3n) is 3.75. The van der Waals surface area contributed by atoms with Crippen LogP contribution in [-0.2, 0) is 26.7 Å². The first-order valence-electron chi connectivity index (χ1n) is 7.45. The van der Waals surface area contributed by atoms with Gasteiger partial charge in [-0.05, 0) is 29.8 Å². The molecule has 2 N–H and O–H groups in total. The molecule has 0 radical (unpaired) electrons. The highest BCUT2D eigenvalue weighted by atomic mass is 19.1. The Morgan fingerprint density at radius 1 is 1.39 bits per heavy atom. The molecule has 0 unspecified atom stereocenters. The molecule has 0 aliphatic carbocycles. The number of hydrogen-bond acceptors (Lipinski definition) is 2. The Hall–Kier alpha value is -2.34. The van der Waals surface area contributed by atoms with E-state index in [0.717, 1.165) is 18.1 Å². The first kappa shape index (κ1) is 17.0. The maximum absolute atomic E-state index is 13.4. The average Bonchev–Trinajstić information content (AvgIpc) is 2.94. The molecule has 0 spiro atoms. The molecule has 2 rings (SSSR count). The Labute approximate surface area is 136 Å². The minimum Gasteiger partial charge on any atom is -0.392 e. The van der Waals surface area contributed by atoms with Crippen LogP contribution in [0.3, 0.4) is 0 Å². The lowest BCUT2D eigenvalue weighted by Crippen LogP contribution is -2.38. The fourth-order valence-electron chi connectivity index (χ4n) is 2.40. The molecule has 1 aromatic carbocycles. The lowest BCUT2D eigenvalue weighted by Gasteiger charge is -2.22. The van der Waals surface area contributed by atoms with Crippen molar-refractivity contribution < 1.29 is 9.50 Å². The van der Waals surface area contributed by atoms with Crippen LogP contribution in [0.5, 0.6) is 0 Å². The number of rotatable bonds is 5. The summed E-state index contributed by atoms with van der Waals surface area (Å²) < 4.78 is 15.5. The fraction of sp³-hybridized carbons (Fsp3) is 0.353. The lowest BCUT2D eigenvalue weighted by molar-refractivity contribution is 0.275. The smallest absolute Gasteiger partial charge is 0.194 e. The van der Waals surface area contributed by atoms with Gasteiger partial charge in [-0.1, -0.05) is 6.07 Å². The van der Waals surface area contributed by atoms with Crippen molar-refractivity contribution in [1.82, 2.24) is 14.8 Å². The monoisotopic (exact) mass is 318 g/mol. The summed E-state index contributed by atoms with van der Waals surface area (Å²) in [6.07, 6.45) is 2.01. The highest BCUT2D eigenvalue weighted by molar-refractivity contribution is 5.79.